The van der Waals surface area contributed by atoms with E-state index in [1.807, 2.05) is 18.4 Å². The third kappa shape index (κ3) is 6.07. The molecule has 0 aliphatic carbocycles. The van der Waals surface area contributed by atoms with E-state index in [0.29, 0.717) is 0 Å². The number of ether oxygens (including phenoxy) is 1. The van der Waals surface area contributed by atoms with Gasteiger partial charge in [-0.05, 0) is 64.8 Å². The first-order valence-corrected chi connectivity index (χ1v) is 8.82. The number of hydrogen-bond acceptors (Lipinski definition) is 4. The Balaban J connectivity index is 1.75. The van der Waals surface area contributed by atoms with Gasteiger partial charge in [-0.1, -0.05) is 0 Å². The number of piperidine rings is 1. The van der Waals surface area contributed by atoms with Crippen molar-refractivity contribution >= 4 is 11.3 Å². The summed E-state index contributed by atoms with van der Waals surface area (Å²) in [7, 11) is 1.81. The quantitative estimate of drug-likeness (QED) is 0.870. The van der Waals surface area contributed by atoms with E-state index in [4.69, 9.17) is 4.74 Å². The van der Waals surface area contributed by atoms with Gasteiger partial charge < -0.3 is 10.1 Å². The standard InChI is InChI=1S/C17H30N2OS/c1-17(2,3)18-11-15-5-6-16(21-15)12-19-9-7-14(8-10-19)13-20-4/h5-6,14,18H,7-13H2,1-4H3. The third-order valence-electron chi connectivity index (χ3n) is 4.00. The first-order valence-electron chi connectivity index (χ1n) is 8.00. The van der Waals surface area contributed by atoms with Crippen molar-refractivity contribution in [3.05, 3.63) is 21.9 Å². The zero-order chi connectivity index (χ0) is 15.3. The lowest BCUT2D eigenvalue weighted by atomic mass is 9.98. The Hall–Kier alpha value is -0.420. The monoisotopic (exact) mass is 310 g/mol. The predicted molar refractivity (Wildman–Crippen MR) is 90.8 cm³/mol. The minimum absolute atomic E-state index is 0.188. The van der Waals surface area contributed by atoms with Gasteiger partial charge in [0.15, 0.2) is 0 Å². The normalized spacial score (nSPS) is 18.3. The molecule has 0 aromatic carbocycles. The van der Waals surface area contributed by atoms with Crippen LogP contribution in [-0.4, -0.2) is 37.2 Å². The van der Waals surface area contributed by atoms with Crippen LogP contribution in [-0.2, 0) is 17.8 Å². The van der Waals surface area contributed by atoms with Gasteiger partial charge in [0.1, 0.15) is 0 Å². The number of methoxy groups -OCH3 is 1. The highest BCUT2D eigenvalue weighted by Crippen LogP contribution is 2.23. The first-order chi connectivity index (χ1) is 9.96. The van der Waals surface area contributed by atoms with Gasteiger partial charge in [0.05, 0.1) is 0 Å². The van der Waals surface area contributed by atoms with Gasteiger partial charge in [-0.25, -0.2) is 0 Å². The Bertz CT molecular complexity index is 417. The molecule has 0 saturated carbocycles. The summed E-state index contributed by atoms with van der Waals surface area (Å²) >= 11 is 1.95. The van der Waals surface area contributed by atoms with Crippen LogP contribution in [0, 0.1) is 5.92 Å². The molecule has 1 aliphatic heterocycles. The molecule has 0 bridgehead atoms. The zero-order valence-electron chi connectivity index (χ0n) is 13.9. The molecule has 2 rings (SSSR count). The Kier molecular flexibility index (Phi) is 6.23. The maximum Gasteiger partial charge on any atom is 0.0491 e. The van der Waals surface area contributed by atoms with E-state index in [-0.39, 0.29) is 5.54 Å². The highest BCUT2D eigenvalue weighted by Gasteiger charge is 2.19. The number of likely N-dealkylation sites (tertiary alicyclic amines) is 1. The fraction of sp³-hybridized carbons (Fsp3) is 0.765. The van der Waals surface area contributed by atoms with Crippen LogP contribution in [0.25, 0.3) is 0 Å². The van der Waals surface area contributed by atoms with Crippen LogP contribution < -0.4 is 5.32 Å². The smallest absolute Gasteiger partial charge is 0.0491 e. The van der Waals surface area contributed by atoms with Crippen molar-refractivity contribution in [3.63, 3.8) is 0 Å². The maximum atomic E-state index is 5.27. The van der Waals surface area contributed by atoms with Crippen molar-refractivity contribution in [1.82, 2.24) is 10.2 Å². The number of thiophene rings is 1. The average molecular weight is 311 g/mol. The van der Waals surface area contributed by atoms with E-state index in [1.165, 1.54) is 35.7 Å². The second-order valence-corrected chi connectivity index (χ2v) is 8.40. The fourth-order valence-corrected chi connectivity index (χ4v) is 3.72. The third-order valence-corrected chi connectivity index (χ3v) is 5.07. The van der Waals surface area contributed by atoms with Crippen molar-refractivity contribution in [1.29, 1.82) is 0 Å². The van der Waals surface area contributed by atoms with Crippen LogP contribution in [0.2, 0.25) is 0 Å². The summed E-state index contributed by atoms with van der Waals surface area (Å²) in [6.07, 6.45) is 2.55. The second kappa shape index (κ2) is 7.73. The van der Waals surface area contributed by atoms with Gasteiger partial charge in [0, 0.05) is 42.1 Å². The largest absolute Gasteiger partial charge is 0.384 e. The molecule has 4 heteroatoms. The Morgan fingerprint density at radius 2 is 1.90 bits per heavy atom. The predicted octanol–water partition coefficient (Wildman–Crippen LogP) is 3.49. The molecule has 1 aromatic rings. The minimum atomic E-state index is 0.188. The molecule has 1 fully saturated rings. The minimum Gasteiger partial charge on any atom is -0.384 e. The van der Waals surface area contributed by atoms with Gasteiger partial charge in [-0.15, -0.1) is 11.3 Å². The number of nitrogens with one attached hydrogen (secondary N) is 1. The molecule has 2 heterocycles. The van der Waals surface area contributed by atoms with Crippen molar-refractivity contribution in [3.8, 4) is 0 Å². The molecular formula is C17H30N2OS. The summed E-state index contributed by atoms with van der Waals surface area (Å²) in [5, 5.41) is 3.56. The van der Waals surface area contributed by atoms with Gasteiger partial charge in [0.25, 0.3) is 0 Å². The van der Waals surface area contributed by atoms with Crippen molar-refractivity contribution in [2.45, 2.75) is 52.2 Å². The highest BCUT2D eigenvalue weighted by molar-refractivity contribution is 7.11. The number of nitrogens with zero attached hydrogens (tertiary/aromatic N) is 1. The van der Waals surface area contributed by atoms with Gasteiger partial charge in [-0.3, -0.25) is 4.90 Å². The van der Waals surface area contributed by atoms with Crippen LogP contribution in [0.3, 0.4) is 0 Å². The van der Waals surface area contributed by atoms with E-state index in [9.17, 15) is 0 Å². The molecule has 0 unspecified atom stereocenters. The molecule has 1 aliphatic rings. The molecule has 21 heavy (non-hydrogen) atoms. The summed E-state index contributed by atoms with van der Waals surface area (Å²) in [6, 6.07) is 4.57. The summed E-state index contributed by atoms with van der Waals surface area (Å²) in [5.74, 6) is 0.765. The summed E-state index contributed by atoms with van der Waals surface area (Å²) < 4.78 is 5.27. The summed E-state index contributed by atoms with van der Waals surface area (Å²) in [5.41, 5.74) is 0.188. The maximum absolute atomic E-state index is 5.27. The molecule has 0 atom stereocenters. The molecule has 1 saturated heterocycles. The van der Waals surface area contributed by atoms with Gasteiger partial charge >= 0.3 is 0 Å². The van der Waals surface area contributed by atoms with Crippen molar-refractivity contribution < 1.29 is 4.74 Å². The highest BCUT2D eigenvalue weighted by atomic mass is 32.1. The lowest BCUT2D eigenvalue weighted by molar-refractivity contribution is 0.0972. The summed E-state index contributed by atoms with van der Waals surface area (Å²) in [6.45, 7) is 12.1. The molecule has 0 amide bonds. The van der Waals surface area contributed by atoms with Crippen molar-refractivity contribution in [2.24, 2.45) is 5.92 Å². The molecule has 0 radical (unpaired) electrons. The first kappa shape index (κ1) is 16.9. The lowest BCUT2D eigenvalue weighted by Crippen LogP contribution is -2.34. The van der Waals surface area contributed by atoms with Crippen molar-refractivity contribution in [2.75, 3.05) is 26.8 Å². The van der Waals surface area contributed by atoms with Crippen LogP contribution in [0.1, 0.15) is 43.4 Å². The zero-order valence-corrected chi connectivity index (χ0v) is 14.8. The molecule has 3 nitrogen and oxygen atoms in total. The number of hydrogen-bond donors (Lipinski definition) is 1. The van der Waals surface area contributed by atoms with E-state index in [2.05, 4.69) is 43.1 Å². The van der Waals surface area contributed by atoms with Crippen LogP contribution in [0.15, 0.2) is 12.1 Å². The lowest BCUT2D eigenvalue weighted by Gasteiger charge is -2.31. The molecular weight excluding hydrogens is 280 g/mol. The van der Waals surface area contributed by atoms with E-state index < -0.39 is 0 Å². The Labute approximate surface area is 133 Å². The van der Waals surface area contributed by atoms with Crippen LogP contribution >= 0.6 is 11.3 Å². The molecule has 1 aromatic heterocycles. The Morgan fingerprint density at radius 3 is 2.52 bits per heavy atom. The molecule has 1 N–H and O–H groups in total. The average Bonchev–Trinajstić information content (AvgIpc) is 2.86. The van der Waals surface area contributed by atoms with E-state index in [1.54, 1.807) is 0 Å². The van der Waals surface area contributed by atoms with Gasteiger partial charge in [0.2, 0.25) is 0 Å². The number of rotatable bonds is 6. The van der Waals surface area contributed by atoms with Gasteiger partial charge in [-0.2, -0.15) is 0 Å². The SMILES string of the molecule is COCC1CCN(Cc2ccc(CNC(C)(C)C)s2)CC1. The fourth-order valence-electron chi connectivity index (χ4n) is 2.72. The Morgan fingerprint density at radius 1 is 1.24 bits per heavy atom. The second-order valence-electron chi connectivity index (χ2n) is 7.15. The van der Waals surface area contributed by atoms with E-state index >= 15 is 0 Å². The molecule has 0 spiro atoms. The van der Waals surface area contributed by atoms with E-state index in [0.717, 1.165) is 25.6 Å². The molecule has 120 valence electrons. The summed E-state index contributed by atoms with van der Waals surface area (Å²) in [4.78, 5) is 5.51. The topological polar surface area (TPSA) is 24.5 Å². The van der Waals surface area contributed by atoms with Crippen LogP contribution in [0.5, 0.6) is 0 Å². The van der Waals surface area contributed by atoms with Crippen LogP contribution in [0.4, 0.5) is 0 Å².